The monoisotopic (exact) mass is 486 g/mol. The standard InChI is InChI=1S/C21H26F4N6O3/c22-9-1-2-11(23)10(5-9)13-6-21(24,25)7-31(13)20(34)16-15-18(26-8-27-19(15)30-29-16)28-12-3-4-14(32)17(12)33/h2,8-10,12-14,17,19,28,30,32-33H,1,3-7H2,(H,26,27)/t9?,10?,12-,13-,14-,17+,19?/m1/s1. The first-order valence-corrected chi connectivity index (χ1v) is 11.3. The van der Waals surface area contributed by atoms with Crippen LogP contribution in [-0.4, -0.2) is 82.2 Å². The lowest BCUT2D eigenvalue weighted by atomic mass is 9.85. The lowest BCUT2D eigenvalue weighted by Gasteiger charge is -2.33. The zero-order valence-corrected chi connectivity index (χ0v) is 18.1. The Hall–Kier alpha value is -2.67. The van der Waals surface area contributed by atoms with Crippen molar-refractivity contribution in [3.8, 4) is 0 Å². The number of allylic oxidation sites excluding steroid dienone is 1. The summed E-state index contributed by atoms with van der Waals surface area (Å²) in [5.74, 6) is -5.73. The molecule has 3 aliphatic heterocycles. The molecule has 2 fully saturated rings. The highest BCUT2D eigenvalue weighted by Gasteiger charge is 2.53. The first kappa shape index (κ1) is 23.1. The predicted molar refractivity (Wildman–Crippen MR) is 113 cm³/mol. The molecule has 186 valence electrons. The average molecular weight is 486 g/mol. The Morgan fingerprint density at radius 3 is 2.82 bits per heavy atom. The zero-order valence-electron chi connectivity index (χ0n) is 18.1. The Morgan fingerprint density at radius 1 is 1.29 bits per heavy atom. The number of hydrazone groups is 1. The molecule has 0 spiro atoms. The number of hydrogen-bond acceptors (Lipinski definition) is 8. The van der Waals surface area contributed by atoms with Crippen molar-refractivity contribution in [2.24, 2.45) is 16.0 Å². The molecule has 9 nitrogen and oxygen atoms in total. The van der Waals surface area contributed by atoms with Crippen LogP contribution in [-0.2, 0) is 4.79 Å². The Balaban J connectivity index is 1.43. The van der Waals surface area contributed by atoms with Crippen LogP contribution in [0.4, 0.5) is 17.6 Å². The number of carbonyl (C=O) groups excluding carboxylic acids is 1. The van der Waals surface area contributed by atoms with Crippen LogP contribution >= 0.6 is 0 Å². The van der Waals surface area contributed by atoms with Crippen LogP contribution in [0.3, 0.4) is 0 Å². The number of aliphatic hydroxyl groups is 2. The van der Waals surface area contributed by atoms with Gasteiger partial charge in [0.2, 0.25) is 0 Å². The van der Waals surface area contributed by atoms with Gasteiger partial charge in [-0.05, 0) is 31.8 Å². The first-order chi connectivity index (χ1) is 16.1. The van der Waals surface area contributed by atoms with E-state index in [4.69, 9.17) is 0 Å². The Bertz CT molecular complexity index is 986. The summed E-state index contributed by atoms with van der Waals surface area (Å²) in [5, 5.41) is 29.9. The van der Waals surface area contributed by atoms with Crippen molar-refractivity contribution < 1.29 is 32.6 Å². The van der Waals surface area contributed by atoms with Gasteiger partial charge < -0.3 is 25.7 Å². The van der Waals surface area contributed by atoms with Gasteiger partial charge >= 0.3 is 0 Å². The molecule has 7 atom stereocenters. The van der Waals surface area contributed by atoms with Gasteiger partial charge in [-0.1, -0.05) is 0 Å². The number of nitrogens with one attached hydrogen (secondary N) is 3. The SMILES string of the molecule is O=C(C1=NNC2NC=NC(N[C@@H]3CC[C@@H](O)[C@H]3O)=C12)N1CC(F)(F)C[C@@H]1C1CC(F)CC=C1F. The number of amides is 1. The molecule has 3 heterocycles. The highest BCUT2D eigenvalue weighted by Crippen LogP contribution is 2.42. The maximum Gasteiger partial charge on any atom is 0.275 e. The van der Waals surface area contributed by atoms with Crippen LogP contribution < -0.4 is 16.1 Å². The quantitative estimate of drug-likeness (QED) is 0.368. The average Bonchev–Trinajstić information content (AvgIpc) is 3.46. The Kier molecular flexibility index (Phi) is 5.79. The predicted octanol–water partition coefficient (Wildman–Crippen LogP) is 0.426. The summed E-state index contributed by atoms with van der Waals surface area (Å²) >= 11 is 0. The number of likely N-dealkylation sites (tertiary alicyclic amines) is 1. The molecule has 0 aromatic carbocycles. The van der Waals surface area contributed by atoms with Crippen molar-refractivity contribution >= 4 is 18.0 Å². The summed E-state index contributed by atoms with van der Waals surface area (Å²) in [6.45, 7) is -0.929. The van der Waals surface area contributed by atoms with Gasteiger partial charge in [-0.15, -0.1) is 0 Å². The van der Waals surface area contributed by atoms with E-state index in [-0.39, 0.29) is 29.9 Å². The molecule has 5 rings (SSSR count). The number of alkyl halides is 3. The second kappa shape index (κ2) is 8.52. The third kappa shape index (κ3) is 4.04. The van der Waals surface area contributed by atoms with Crippen LogP contribution in [0.1, 0.15) is 32.1 Å². The summed E-state index contributed by atoms with van der Waals surface area (Å²) in [6, 6.07) is -1.75. The molecule has 0 aromatic rings. The molecule has 13 heteroatoms. The van der Waals surface area contributed by atoms with Gasteiger partial charge in [-0.2, -0.15) is 5.10 Å². The van der Waals surface area contributed by atoms with Gasteiger partial charge in [0.25, 0.3) is 11.8 Å². The van der Waals surface area contributed by atoms with E-state index in [1.54, 1.807) is 0 Å². The van der Waals surface area contributed by atoms with E-state index < -0.39 is 73.2 Å². The maximum atomic E-state index is 14.5. The number of nitrogens with zero attached hydrogens (tertiary/aromatic N) is 3. The van der Waals surface area contributed by atoms with Gasteiger partial charge in [0, 0.05) is 18.4 Å². The molecule has 3 unspecified atom stereocenters. The van der Waals surface area contributed by atoms with E-state index in [9.17, 15) is 32.6 Å². The molecule has 0 radical (unpaired) electrons. The van der Waals surface area contributed by atoms with Crippen LogP contribution in [0.2, 0.25) is 0 Å². The van der Waals surface area contributed by atoms with E-state index in [2.05, 4.69) is 26.2 Å². The van der Waals surface area contributed by atoms with Gasteiger partial charge in [-0.25, -0.2) is 22.6 Å². The third-order valence-corrected chi connectivity index (χ3v) is 7.11. The van der Waals surface area contributed by atoms with Crippen LogP contribution in [0, 0.1) is 5.92 Å². The smallest absolute Gasteiger partial charge is 0.275 e. The number of aliphatic hydroxyl groups excluding tert-OH is 2. The third-order valence-electron chi connectivity index (χ3n) is 7.11. The molecule has 2 aliphatic carbocycles. The summed E-state index contributed by atoms with van der Waals surface area (Å²) in [5.41, 5.74) is 2.80. The minimum Gasteiger partial charge on any atom is -0.390 e. The first-order valence-electron chi connectivity index (χ1n) is 11.3. The van der Waals surface area contributed by atoms with E-state index in [1.165, 1.54) is 6.34 Å². The largest absolute Gasteiger partial charge is 0.390 e. The molecule has 1 saturated heterocycles. The van der Waals surface area contributed by atoms with Crippen molar-refractivity contribution in [2.75, 3.05) is 6.54 Å². The summed E-state index contributed by atoms with van der Waals surface area (Å²) < 4.78 is 57.4. The molecule has 0 bridgehead atoms. The molecular formula is C21H26F4N6O3. The van der Waals surface area contributed by atoms with Crippen molar-refractivity contribution in [2.45, 2.75) is 74.7 Å². The Morgan fingerprint density at radius 2 is 2.09 bits per heavy atom. The molecule has 34 heavy (non-hydrogen) atoms. The second-order valence-corrected chi connectivity index (χ2v) is 9.42. The van der Waals surface area contributed by atoms with Crippen molar-refractivity contribution in [1.82, 2.24) is 21.0 Å². The lowest BCUT2D eigenvalue weighted by molar-refractivity contribution is -0.126. The zero-order chi connectivity index (χ0) is 24.2. The van der Waals surface area contributed by atoms with E-state index in [1.807, 2.05) is 0 Å². The summed E-state index contributed by atoms with van der Waals surface area (Å²) in [6.07, 6.45) is -1.88. The van der Waals surface area contributed by atoms with Crippen LogP contribution in [0.5, 0.6) is 0 Å². The van der Waals surface area contributed by atoms with Crippen LogP contribution in [0.15, 0.2) is 33.4 Å². The fourth-order valence-corrected chi connectivity index (χ4v) is 5.36. The number of aliphatic imine (C=N–C) groups is 1. The molecular weight excluding hydrogens is 460 g/mol. The van der Waals surface area contributed by atoms with Gasteiger partial charge in [0.1, 0.15) is 24.0 Å². The molecule has 1 amide bonds. The van der Waals surface area contributed by atoms with Gasteiger partial charge in [0.05, 0.1) is 36.7 Å². The summed E-state index contributed by atoms with van der Waals surface area (Å²) in [7, 11) is 0. The number of carbonyl (C=O) groups is 1. The Labute approximate surface area is 192 Å². The summed E-state index contributed by atoms with van der Waals surface area (Å²) in [4.78, 5) is 18.6. The van der Waals surface area contributed by atoms with Crippen LogP contribution in [0.25, 0.3) is 0 Å². The number of halogens is 4. The highest BCUT2D eigenvalue weighted by atomic mass is 19.3. The van der Waals surface area contributed by atoms with Crippen molar-refractivity contribution in [1.29, 1.82) is 0 Å². The molecule has 5 aliphatic rings. The van der Waals surface area contributed by atoms with Crippen molar-refractivity contribution in [3.63, 3.8) is 0 Å². The minimum absolute atomic E-state index is 0.120. The second-order valence-electron chi connectivity index (χ2n) is 9.42. The maximum absolute atomic E-state index is 14.5. The van der Waals surface area contributed by atoms with E-state index >= 15 is 0 Å². The van der Waals surface area contributed by atoms with Gasteiger partial charge in [0.15, 0.2) is 5.71 Å². The fourth-order valence-electron chi connectivity index (χ4n) is 5.36. The number of fused-ring (bicyclic) bond motifs is 1. The molecule has 5 N–H and O–H groups in total. The van der Waals surface area contributed by atoms with E-state index in [0.717, 1.165) is 11.0 Å². The number of rotatable bonds is 4. The minimum atomic E-state index is -3.25. The number of hydrogen-bond donors (Lipinski definition) is 5. The molecule has 0 aromatic heterocycles. The topological polar surface area (TPSA) is 122 Å². The van der Waals surface area contributed by atoms with Gasteiger partial charge in [-0.3, -0.25) is 10.2 Å². The lowest BCUT2D eigenvalue weighted by Crippen LogP contribution is -2.49. The van der Waals surface area contributed by atoms with E-state index in [0.29, 0.717) is 12.8 Å². The highest BCUT2D eigenvalue weighted by molar-refractivity contribution is 6.46. The van der Waals surface area contributed by atoms with Crippen molar-refractivity contribution in [3.05, 3.63) is 23.3 Å². The molecule has 1 saturated carbocycles. The normalized spacial score (nSPS) is 38.8. The fraction of sp³-hybridized carbons (Fsp3) is 0.667.